The van der Waals surface area contributed by atoms with Gasteiger partial charge in [-0.3, -0.25) is 4.79 Å². The van der Waals surface area contributed by atoms with Gasteiger partial charge in [0.1, 0.15) is 0 Å². The molecule has 1 amide bonds. The van der Waals surface area contributed by atoms with Crippen LogP contribution in [0, 0.1) is 0 Å². The monoisotopic (exact) mass is 457 g/mol. The molecule has 1 saturated carbocycles. The third-order valence-corrected chi connectivity index (χ3v) is 5.15. The highest BCUT2D eigenvalue weighted by molar-refractivity contribution is 9.10. The predicted molar refractivity (Wildman–Crippen MR) is 111 cm³/mol. The van der Waals surface area contributed by atoms with Crippen molar-refractivity contribution in [1.82, 2.24) is 15.1 Å². The highest BCUT2D eigenvalue weighted by Gasteiger charge is 2.32. The molecule has 0 radical (unpaired) electrons. The van der Waals surface area contributed by atoms with E-state index in [1.165, 1.54) is 0 Å². The topological polar surface area (TPSA) is 59.2 Å². The lowest BCUT2D eigenvalue weighted by Gasteiger charge is -2.18. The SMILES string of the molecule is O=C(/C=C/c1cccc(Br)c1)N(Cc1nnc(-c2ccc(Cl)cc2)o1)C1CC1. The van der Waals surface area contributed by atoms with Gasteiger partial charge in [0.25, 0.3) is 0 Å². The van der Waals surface area contributed by atoms with Crippen LogP contribution in [0.3, 0.4) is 0 Å². The number of amides is 1. The Hall–Kier alpha value is -2.44. The molecule has 7 heteroatoms. The molecule has 1 aromatic heterocycles. The van der Waals surface area contributed by atoms with E-state index in [1.807, 2.05) is 42.5 Å². The van der Waals surface area contributed by atoms with E-state index in [9.17, 15) is 4.79 Å². The van der Waals surface area contributed by atoms with E-state index in [2.05, 4.69) is 26.1 Å². The summed E-state index contributed by atoms with van der Waals surface area (Å²) in [7, 11) is 0. The van der Waals surface area contributed by atoms with Crippen molar-refractivity contribution in [3.05, 3.63) is 75.6 Å². The standard InChI is InChI=1S/C21H17BrClN3O2/c22-16-3-1-2-14(12-16)4-11-20(27)26(18-9-10-18)13-19-24-25-21(28-19)15-5-7-17(23)8-6-15/h1-8,11-12,18H,9-10,13H2/b11-4+. The fraction of sp³-hybridized carbons (Fsp3) is 0.190. The van der Waals surface area contributed by atoms with Gasteiger partial charge in [-0.15, -0.1) is 10.2 Å². The summed E-state index contributed by atoms with van der Waals surface area (Å²) < 4.78 is 6.73. The molecular weight excluding hydrogens is 442 g/mol. The number of halogens is 2. The maximum absolute atomic E-state index is 12.7. The molecule has 142 valence electrons. The molecule has 5 nitrogen and oxygen atoms in total. The molecule has 0 bridgehead atoms. The molecule has 1 fully saturated rings. The Morgan fingerprint density at radius 2 is 2.00 bits per heavy atom. The second-order valence-electron chi connectivity index (χ2n) is 6.59. The van der Waals surface area contributed by atoms with Gasteiger partial charge in [0.15, 0.2) is 0 Å². The predicted octanol–water partition coefficient (Wildman–Crippen LogP) is 5.36. The fourth-order valence-electron chi connectivity index (χ4n) is 2.82. The molecule has 0 saturated heterocycles. The van der Waals surface area contributed by atoms with E-state index in [1.54, 1.807) is 23.1 Å². The van der Waals surface area contributed by atoms with E-state index in [-0.39, 0.29) is 11.9 Å². The summed E-state index contributed by atoms with van der Waals surface area (Å²) in [6.07, 6.45) is 5.40. The molecule has 3 aromatic rings. The third kappa shape index (κ3) is 4.69. The van der Waals surface area contributed by atoms with E-state index in [4.69, 9.17) is 16.0 Å². The van der Waals surface area contributed by atoms with Crippen molar-refractivity contribution in [2.24, 2.45) is 0 Å². The van der Waals surface area contributed by atoms with Gasteiger partial charge in [-0.05, 0) is 60.9 Å². The van der Waals surface area contributed by atoms with Gasteiger partial charge in [-0.2, -0.15) is 0 Å². The van der Waals surface area contributed by atoms with Gasteiger partial charge in [0.2, 0.25) is 17.7 Å². The van der Waals surface area contributed by atoms with Crippen LogP contribution in [0.1, 0.15) is 24.3 Å². The molecular formula is C21H17BrClN3O2. The van der Waals surface area contributed by atoms with E-state index < -0.39 is 0 Å². The van der Waals surface area contributed by atoms with Crippen LogP contribution in [0.25, 0.3) is 17.5 Å². The van der Waals surface area contributed by atoms with Crippen LogP contribution in [0.4, 0.5) is 0 Å². The van der Waals surface area contributed by atoms with Crippen molar-refractivity contribution in [2.45, 2.75) is 25.4 Å². The van der Waals surface area contributed by atoms with Crippen molar-refractivity contribution in [3.63, 3.8) is 0 Å². The number of hydrogen-bond acceptors (Lipinski definition) is 4. The third-order valence-electron chi connectivity index (χ3n) is 4.40. The highest BCUT2D eigenvalue weighted by atomic mass is 79.9. The zero-order valence-corrected chi connectivity index (χ0v) is 17.2. The van der Waals surface area contributed by atoms with Crippen LogP contribution in [0.5, 0.6) is 0 Å². The quantitative estimate of drug-likeness (QED) is 0.467. The van der Waals surface area contributed by atoms with Crippen LogP contribution in [-0.2, 0) is 11.3 Å². The van der Waals surface area contributed by atoms with E-state index in [0.717, 1.165) is 28.4 Å². The summed E-state index contributed by atoms with van der Waals surface area (Å²) in [4.78, 5) is 14.5. The number of benzene rings is 2. The normalized spacial score (nSPS) is 13.8. The molecule has 28 heavy (non-hydrogen) atoms. The Morgan fingerprint density at radius 1 is 1.21 bits per heavy atom. The van der Waals surface area contributed by atoms with Crippen LogP contribution in [0.2, 0.25) is 5.02 Å². The van der Waals surface area contributed by atoms with Gasteiger partial charge >= 0.3 is 0 Å². The van der Waals surface area contributed by atoms with E-state index in [0.29, 0.717) is 23.3 Å². The zero-order chi connectivity index (χ0) is 19.5. The molecule has 2 aromatic carbocycles. The molecule has 1 heterocycles. The minimum Gasteiger partial charge on any atom is -0.419 e. The molecule has 0 spiro atoms. The highest BCUT2D eigenvalue weighted by Crippen LogP contribution is 2.29. The van der Waals surface area contributed by atoms with E-state index >= 15 is 0 Å². The maximum Gasteiger partial charge on any atom is 0.247 e. The Balaban J connectivity index is 1.47. The largest absolute Gasteiger partial charge is 0.419 e. The minimum absolute atomic E-state index is 0.0614. The number of carbonyl (C=O) groups excluding carboxylic acids is 1. The first-order valence-corrected chi connectivity index (χ1v) is 10.1. The summed E-state index contributed by atoms with van der Waals surface area (Å²) in [6, 6.07) is 15.2. The summed E-state index contributed by atoms with van der Waals surface area (Å²) in [5.74, 6) is 0.773. The number of carbonyl (C=O) groups is 1. The molecule has 1 aliphatic rings. The maximum atomic E-state index is 12.7. The first-order valence-electron chi connectivity index (χ1n) is 8.91. The van der Waals surface area contributed by atoms with Crippen LogP contribution in [-0.4, -0.2) is 27.0 Å². The summed E-state index contributed by atoms with van der Waals surface area (Å²) in [5, 5.41) is 8.84. The van der Waals surface area contributed by atoms with Gasteiger partial charge in [0, 0.05) is 27.2 Å². The van der Waals surface area contributed by atoms with Crippen molar-refractivity contribution >= 4 is 39.5 Å². The van der Waals surface area contributed by atoms with Gasteiger partial charge < -0.3 is 9.32 Å². The molecule has 0 unspecified atom stereocenters. The van der Waals surface area contributed by atoms with Crippen molar-refractivity contribution < 1.29 is 9.21 Å². The molecule has 1 aliphatic carbocycles. The van der Waals surface area contributed by atoms with Gasteiger partial charge in [0.05, 0.1) is 6.54 Å². The molecule has 0 N–H and O–H groups in total. The lowest BCUT2D eigenvalue weighted by molar-refractivity contribution is -0.127. The van der Waals surface area contributed by atoms with Crippen molar-refractivity contribution in [1.29, 1.82) is 0 Å². The summed E-state index contributed by atoms with van der Waals surface area (Å²) in [5.41, 5.74) is 1.75. The molecule has 4 rings (SSSR count). The molecule has 0 atom stereocenters. The Morgan fingerprint density at radius 3 is 2.71 bits per heavy atom. The van der Waals surface area contributed by atoms with Crippen molar-refractivity contribution in [3.8, 4) is 11.5 Å². The minimum atomic E-state index is -0.0614. The number of rotatable bonds is 6. The first kappa shape index (κ1) is 18.9. The summed E-state index contributed by atoms with van der Waals surface area (Å²) in [6.45, 7) is 0.299. The number of aromatic nitrogens is 2. The Bertz CT molecular complexity index is 1010. The number of hydrogen-bond donors (Lipinski definition) is 0. The Labute approximate surface area is 176 Å². The van der Waals surface area contributed by atoms with Crippen LogP contribution in [0.15, 0.2) is 63.5 Å². The van der Waals surface area contributed by atoms with Gasteiger partial charge in [-0.25, -0.2) is 0 Å². The average molecular weight is 459 g/mol. The van der Waals surface area contributed by atoms with Crippen LogP contribution >= 0.6 is 27.5 Å². The average Bonchev–Trinajstić information content (AvgIpc) is 3.43. The van der Waals surface area contributed by atoms with Crippen LogP contribution < -0.4 is 0 Å². The second kappa shape index (κ2) is 8.29. The number of nitrogens with zero attached hydrogens (tertiary/aromatic N) is 3. The smallest absolute Gasteiger partial charge is 0.247 e. The molecule has 0 aliphatic heterocycles. The second-order valence-corrected chi connectivity index (χ2v) is 7.95. The summed E-state index contributed by atoms with van der Waals surface area (Å²) >= 11 is 9.35. The van der Waals surface area contributed by atoms with Crippen molar-refractivity contribution in [2.75, 3.05) is 0 Å². The Kier molecular flexibility index (Phi) is 5.59. The van der Waals surface area contributed by atoms with Gasteiger partial charge in [-0.1, -0.05) is 39.7 Å². The fourth-order valence-corrected chi connectivity index (χ4v) is 3.36. The zero-order valence-electron chi connectivity index (χ0n) is 14.9. The lowest BCUT2D eigenvalue weighted by atomic mass is 10.2. The lowest BCUT2D eigenvalue weighted by Crippen LogP contribution is -2.31. The first-order chi connectivity index (χ1) is 13.6.